The normalized spacial score (nSPS) is 48.9. The van der Waals surface area contributed by atoms with E-state index in [2.05, 4.69) is 33.8 Å². The number of aliphatic hydroxyl groups is 1. The maximum atomic E-state index is 11.0. The van der Waals surface area contributed by atoms with Crippen LogP contribution in [0.25, 0.3) is 0 Å². The van der Waals surface area contributed by atoms with Crippen LogP contribution in [-0.4, -0.2) is 10.7 Å². The maximum absolute atomic E-state index is 11.0. The second-order valence-corrected chi connectivity index (χ2v) is 12.5. The quantitative estimate of drug-likeness (QED) is 0.458. The Morgan fingerprint density at radius 3 is 2.47 bits per heavy atom. The van der Waals surface area contributed by atoms with E-state index in [0.29, 0.717) is 10.8 Å². The van der Waals surface area contributed by atoms with E-state index in [1.807, 2.05) is 0 Å². The number of fused-ring (bicyclic) bond motifs is 5. The lowest BCUT2D eigenvalue weighted by molar-refractivity contribution is -0.152. The van der Waals surface area contributed by atoms with Gasteiger partial charge in [0.15, 0.2) is 0 Å². The molecule has 4 aliphatic rings. The van der Waals surface area contributed by atoms with Crippen molar-refractivity contribution < 1.29 is 5.11 Å². The van der Waals surface area contributed by atoms with Gasteiger partial charge in [-0.15, -0.1) is 0 Å². The largest absolute Gasteiger partial charge is 0.390 e. The Morgan fingerprint density at radius 1 is 0.967 bits per heavy atom. The van der Waals surface area contributed by atoms with Gasteiger partial charge in [-0.25, -0.2) is 0 Å². The van der Waals surface area contributed by atoms with Crippen molar-refractivity contribution in [3.05, 3.63) is 0 Å². The molecule has 0 radical (unpaired) electrons. The zero-order valence-electron chi connectivity index (χ0n) is 20.3. The smallest absolute Gasteiger partial charge is 0.0648 e. The highest BCUT2D eigenvalue weighted by atomic mass is 16.3. The van der Waals surface area contributed by atoms with Crippen molar-refractivity contribution in [3.63, 3.8) is 0 Å². The van der Waals surface area contributed by atoms with Gasteiger partial charge in [-0.05, 0) is 117 Å². The van der Waals surface area contributed by atoms with E-state index >= 15 is 0 Å². The highest BCUT2D eigenvalue weighted by Crippen LogP contribution is 2.69. The molecule has 0 heterocycles. The van der Waals surface area contributed by atoms with Crippen LogP contribution in [0.4, 0.5) is 0 Å². The van der Waals surface area contributed by atoms with E-state index in [4.69, 9.17) is 5.26 Å². The predicted molar refractivity (Wildman–Crippen MR) is 124 cm³/mol. The van der Waals surface area contributed by atoms with Crippen LogP contribution < -0.4 is 0 Å². The van der Waals surface area contributed by atoms with E-state index in [1.165, 1.54) is 57.8 Å². The Bertz CT molecular complexity index is 654. The average Bonchev–Trinajstić information content (AvgIpc) is 3.09. The Hall–Kier alpha value is -0.550. The van der Waals surface area contributed by atoms with Crippen LogP contribution in [0.3, 0.4) is 0 Å². The maximum Gasteiger partial charge on any atom is 0.0648 e. The Kier molecular flexibility index (Phi) is 6.36. The summed E-state index contributed by atoms with van der Waals surface area (Å²) in [6.07, 6.45) is 17.2. The minimum absolute atomic E-state index is 0.375. The molecule has 0 unspecified atom stereocenters. The van der Waals surface area contributed by atoms with Crippen molar-refractivity contribution in [1.29, 1.82) is 5.26 Å². The molecule has 0 amide bonds. The predicted octanol–water partition coefficient (Wildman–Crippen LogP) is 7.51. The second-order valence-electron chi connectivity index (χ2n) is 12.5. The first kappa shape index (κ1) is 22.6. The number of nitrogens with zero attached hydrogens (tertiary/aromatic N) is 1. The number of hydrogen-bond donors (Lipinski definition) is 1. The average molecular weight is 414 g/mol. The van der Waals surface area contributed by atoms with Gasteiger partial charge in [-0.1, -0.05) is 40.5 Å². The van der Waals surface area contributed by atoms with Gasteiger partial charge >= 0.3 is 0 Å². The summed E-state index contributed by atoms with van der Waals surface area (Å²) >= 11 is 0. The summed E-state index contributed by atoms with van der Waals surface area (Å²) in [4.78, 5) is 0. The zero-order valence-corrected chi connectivity index (χ0v) is 20.3. The van der Waals surface area contributed by atoms with Gasteiger partial charge in [0.2, 0.25) is 0 Å². The zero-order chi connectivity index (χ0) is 21.6. The Balaban J connectivity index is 1.46. The lowest BCUT2D eigenvalue weighted by Gasteiger charge is -2.62. The lowest BCUT2D eigenvalue weighted by atomic mass is 9.43. The van der Waals surface area contributed by atoms with Gasteiger partial charge in [0.05, 0.1) is 11.7 Å². The summed E-state index contributed by atoms with van der Waals surface area (Å²) in [5.41, 5.74) is 0.657. The number of hydrogen-bond acceptors (Lipinski definition) is 2. The molecule has 4 saturated carbocycles. The number of rotatable bonds is 6. The number of nitriles is 1. The monoisotopic (exact) mass is 413 g/mol. The molecule has 0 saturated heterocycles. The van der Waals surface area contributed by atoms with E-state index in [-0.39, 0.29) is 5.60 Å². The fourth-order valence-electron chi connectivity index (χ4n) is 9.49. The van der Waals surface area contributed by atoms with Gasteiger partial charge in [0, 0.05) is 6.42 Å². The van der Waals surface area contributed by atoms with Gasteiger partial charge in [-0.3, -0.25) is 0 Å². The first-order valence-electron chi connectivity index (χ1n) is 13.4. The van der Waals surface area contributed by atoms with Crippen molar-refractivity contribution >= 4 is 0 Å². The van der Waals surface area contributed by atoms with Crippen LogP contribution in [0, 0.1) is 57.7 Å². The van der Waals surface area contributed by atoms with E-state index in [9.17, 15) is 5.11 Å². The lowest BCUT2D eigenvalue weighted by Crippen LogP contribution is -2.56. The second kappa shape index (κ2) is 8.42. The Morgan fingerprint density at radius 2 is 1.73 bits per heavy atom. The molecule has 0 bridgehead atoms. The fourth-order valence-corrected chi connectivity index (χ4v) is 9.49. The highest BCUT2D eigenvalue weighted by molar-refractivity contribution is 5.10. The summed E-state index contributed by atoms with van der Waals surface area (Å²) < 4.78 is 0. The van der Waals surface area contributed by atoms with Crippen molar-refractivity contribution in [1.82, 2.24) is 0 Å². The molecule has 1 N–H and O–H groups in total. The van der Waals surface area contributed by atoms with Crippen LogP contribution in [0.15, 0.2) is 0 Å². The van der Waals surface area contributed by atoms with E-state index in [1.54, 1.807) is 0 Å². The molecule has 30 heavy (non-hydrogen) atoms. The summed E-state index contributed by atoms with van der Waals surface area (Å²) in [5, 5.41) is 19.8. The first-order chi connectivity index (χ1) is 14.3. The summed E-state index contributed by atoms with van der Waals surface area (Å²) in [6, 6.07) is 2.31. The van der Waals surface area contributed by atoms with Crippen LogP contribution in [0.2, 0.25) is 0 Å². The molecule has 0 aromatic rings. The van der Waals surface area contributed by atoms with Gasteiger partial charge in [0.1, 0.15) is 0 Å². The molecule has 0 spiro atoms. The van der Waals surface area contributed by atoms with Crippen molar-refractivity contribution in [2.75, 3.05) is 0 Å². The van der Waals surface area contributed by atoms with Crippen LogP contribution >= 0.6 is 0 Å². The SMILES string of the molecule is CC[C@]1(O)CC[C@@]2(C)[C@@H](CC[C@@H]3[C@@H]2CC[C@]2(C)[C@@H]([C@H](C)CCCCC#N)CC[C@@H]32)C1. The van der Waals surface area contributed by atoms with Gasteiger partial charge in [0.25, 0.3) is 0 Å². The third-order valence-electron chi connectivity index (χ3n) is 11.4. The van der Waals surface area contributed by atoms with E-state index in [0.717, 1.165) is 67.6 Å². The number of unbranched alkanes of at least 4 members (excludes halogenated alkanes) is 2. The molecule has 0 aliphatic heterocycles. The van der Waals surface area contributed by atoms with Gasteiger partial charge in [-0.2, -0.15) is 5.26 Å². The Labute approximate surface area is 186 Å². The molecule has 2 heteroatoms. The molecule has 4 fully saturated rings. The van der Waals surface area contributed by atoms with Gasteiger partial charge < -0.3 is 5.11 Å². The summed E-state index contributed by atoms with van der Waals surface area (Å²) in [6.45, 7) is 9.99. The first-order valence-corrected chi connectivity index (χ1v) is 13.4. The minimum atomic E-state index is -0.375. The summed E-state index contributed by atoms with van der Waals surface area (Å²) in [5.74, 6) is 5.24. The minimum Gasteiger partial charge on any atom is -0.390 e. The third kappa shape index (κ3) is 3.66. The van der Waals surface area contributed by atoms with Crippen molar-refractivity contribution in [2.24, 2.45) is 46.3 Å². The molecular formula is C28H47NO. The van der Waals surface area contributed by atoms with Crippen LogP contribution in [-0.2, 0) is 0 Å². The molecule has 4 rings (SSSR count). The fraction of sp³-hybridized carbons (Fsp3) is 0.964. The standard InChI is InChI=1S/C28H47NO/c1-5-28(30)17-16-26(3)21(19-28)10-11-22-24-13-12-23(20(2)9-7-6-8-18-29)27(24,4)15-14-25(22)26/h20-25,30H,5-17,19H2,1-4H3/t20-,21+,22+,23-,24+,25+,26+,27-,28+/m1/s1. The topological polar surface area (TPSA) is 44.0 Å². The third-order valence-corrected chi connectivity index (χ3v) is 11.4. The molecule has 170 valence electrons. The molecule has 2 nitrogen and oxygen atoms in total. The van der Waals surface area contributed by atoms with Crippen molar-refractivity contribution in [2.45, 2.75) is 123 Å². The molecular weight excluding hydrogens is 366 g/mol. The molecule has 0 aromatic carbocycles. The molecule has 0 aromatic heterocycles. The molecule has 9 atom stereocenters. The van der Waals surface area contributed by atoms with Crippen LogP contribution in [0.5, 0.6) is 0 Å². The summed E-state index contributed by atoms with van der Waals surface area (Å²) in [7, 11) is 0. The van der Waals surface area contributed by atoms with Crippen molar-refractivity contribution in [3.8, 4) is 6.07 Å². The van der Waals surface area contributed by atoms with Crippen LogP contribution in [0.1, 0.15) is 118 Å². The van der Waals surface area contributed by atoms with E-state index < -0.39 is 0 Å². The molecule has 4 aliphatic carbocycles. The highest BCUT2D eigenvalue weighted by Gasteiger charge is 2.61.